The van der Waals surface area contributed by atoms with Gasteiger partial charge in [-0.1, -0.05) is 44.5 Å². The fourth-order valence-corrected chi connectivity index (χ4v) is 3.53. The van der Waals surface area contributed by atoms with Crippen LogP contribution in [0.2, 0.25) is 5.02 Å². The lowest BCUT2D eigenvalue weighted by Crippen LogP contribution is -2.12. The number of carbonyl (C=O) groups excluding carboxylic acids is 1. The highest BCUT2D eigenvalue weighted by atomic mass is 35.5. The van der Waals surface area contributed by atoms with Crippen LogP contribution in [0.1, 0.15) is 49.0 Å². The fourth-order valence-electron chi connectivity index (χ4n) is 3.34. The molecule has 0 saturated heterocycles. The van der Waals surface area contributed by atoms with Crippen LogP contribution in [-0.2, 0) is 0 Å². The van der Waals surface area contributed by atoms with E-state index in [2.05, 4.69) is 24.1 Å². The number of halogens is 1. The summed E-state index contributed by atoms with van der Waals surface area (Å²) < 4.78 is 11.6. The Morgan fingerprint density at radius 3 is 2.75 bits per heavy atom. The van der Waals surface area contributed by atoms with Crippen LogP contribution in [0.5, 0.6) is 5.75 Å². The standard InChI is InChI=1S/C26H25ClN2O3/c1-4-12-31-20-7-5-6-18(13-20)25(30)28-19-9-10-22(27)21(15-19)26-29-23-14-17(16(2)3)8-11-24(23)32-26/h5-11,13-16H,4,12H2,1-3H3,(H,28,30). The lowest BCUT2D eigenvalue weighted by molar-refractivity contribution is 0.102. The molecule has 164 valence electrons. The number of hydrogen-bond donors (Lipinski definition) is 1. The number of anilines is 1. The zero-order valence-corrected chi connectivity index (χ0v) is 19.1. The van der Waals surface area contributed by atoms with Gasteiger partial charge in [-0.05, 0) is 66.4 Å². The molecule has 0 atom stereocenters. The first kappa shape index (κ1) is 21.9. The molecule has 1 N–H and O–H groups in total. The maximum absolute atomic E-state index is 12.8. The SMILES string of the molecule is CCCOc1cccc(C(=O)Nc2ccc(Cl)c(-c3nc4cc(C(C)C)ccc4o3)c2)c1. The Balaban J connectivity index is 1.59. The van der Waals surface area contributed by atoms with E-state index < -0.39 is 0 Å². The largest absolute Gasteiger partial charge is 0.494 e. The van der Waals surface area contributed by atoms with Crippen molar-refractivity contribution in [1.29, 1.82) is 0 Å². The van der Waals surface area contributed by atoms with Crippen LogP contribution >= 0.6 is 11.6 Å². The van der Waals surface area contributed by atoms with E-state index in [-0.39, 0.29) is 5.91 Å². The van der Waals surface area contributed by atoms with Crippen molar-refractivity contribution in [2.45, 2.75) is 33.1 Å². The fraction of sp³-hybridized carbons (Fsp3) is 0.231. The second-order valence-electron chi connectivity index (χ2n) is 7.93. The number of hydrogen-bond acceptors (Lipinski definition) is 4. The number of benzene rings is 3. The summed E-state index contributed by atoms with van der Waals surface area (Å²) in [6, 6.07) is 18.4. The molecule has 0 aliphatic carbocycles. The van der Waals surface area contributed by atoms with Crippen LogP contribution in [0.15, 0.2) is 65.1 Å². The average Bonchev–Trinajstić information content (AvgIpc) is 3.22. The normalized spacial score (nSPS) is 11.2. The van der Waals surface area contributed by atoms with E-state index >= 15 is 0 Å². The summed E-state index contributed by atoms with van der Waals surface area (Å²) in [6.45, 7) is 6.91. The molecule has 0 aliphatic rings. The van der Waals surface area contributed by atoms with Crippen molar-refractivity contribution in [2.75, 3.05) is 11.9 Å². The van der Waals surface area contributed by atoms with E-state index in [0.29, 0.717) is 51.6 Å². The van der Waals surface area contributed by atoms with Crippen molar-refractivity contribution in [2.24, 2.45) is 0 Å². The van der Waals surface area contributed by atoms with Gasteiger partial charge in [-0.2, -0.15) is 0 Å². The van der Waals surface area contributed by atoms with Gasteiger partial charge in [-0.25, -0.2) is 4.98 Å². The van der Waals surface area contributed by atoms with E-state index in [0.717, 1.165) is 11.9 Å². The Labute approximate surface area is 192 Å². The second-order valence-corrected chi connectivity index (χ2v) is 8.33. The van der Waals surface area contributed by atoms with Crippen molar-refractivity contribution in [3.8, 4) is 17.2 Å². The Morgan fingerprint density at radius 2 is 1.97 bits per heavy atom. The summed E-state index contributed by atoms with van der Waals surface area (Å²) in [6.07, 6.45) is 0.901. The first-order valence-corrected chi connectivity index (χ1v) is 11.1. The number of aromatic nitrogens is 1. The van der Waals surface area contributed by atoms with Gasteiger partial charge in [0.1, 0.15) is 11.3 Å². The molecular weight excluding hydrogens is 424 g/mol. The highest BCUT2D eigenvalue weighted by Gasteiger charge is 2.15. The molecule has 1 aromatic heterocycles. The average molecular weight is 449 g/mol. The minimum atomic E-state index is -0.237. The second kappa shape index (κ2) is 9.45. The van der Waals surface area contributed by atoms with Crippen molar-refractivity contribution < 1.29 is 13.9 Å². The summed E-state index contributed by atoms with van der Waals surface area (Å²) >= 11 is 6.43. The van der Waals surface area contributed by atoms with Gasteiger partial charge in [0.15, 0.2) is 5.58 Å². The molecule has 1 heterocycles. The van der Waals surface area contributed by atoms with Gasteiger partial charge in [0.2, 0.25) is 5.89 Å². The maximum atomic E-state index is 12.8. The van der Waals surface area contributed by atoms with Gasteiger partial charge in [-0.3, -0.25) is 4.79 Å². The van der Waals surface area contributed by atoms with Crippen LogP contribution in [0.3, 0.4) is 0 Å². The Kier molecular flexibility index (Phi) is 6.47. The molecular formula is C26H25ClN2O3. The lowest BCUT2D eigenvalue weighted by atomic mass is 10.0. The van der Waals surface area contributed by atoms with Crippen molar-refractivity contribution >= 4 is 34.3 Å². The number of fused-ring (bicyclic) bond motifs is 1. The predicted molar refractivity (Wildman–Crippen MR) is 129 cm³/mol. The first-order valence-electron chi connectivity index (χ1n) is 10.7. The van der Waals surface area contributed by atoms with Crippen LogP contribution < -0.4 is 10.1 Å². The van der Waals surface area contributed by atoms with Crippen LogP contribution in [0.4, 0.5) is 5.69 Å². The molecule has 4 aromatic rings. The molecule has 0 unspecified atom stereocenters. The topological polar surface area (TPSA) is 64.4 Å². The quantitative estimate of drug-likeness (QED) is 0.322. The molecule has 0 radical (unpaired) electrons. The minimum absolute atomic E-state index is 0.237. The predicted octanol–water partition coefficient (Wildman–Crippen LogP) is 7.31. The van der Waals surface area contributed by atoms with E-state index in [9.17, 15) is 4.79 Å². The molecule has 32 heavy (non-hydrogen) atoms. The van der Waals surface area contributed by atoms with Gasteiger partial charge < -0.3 is 14.5 Å². The van der Waals surface area contributed by atoms with E-state index in [1.54, 1.807) is 36.4 Å². The summed E-state index contributed by atoms with van der Waals surface area (Å²) in [4.78, 5) is 17.4. The molecule has 3 aromatic carbocycles. The third kappa shape index (κ3) is 4.78. The Morgan fingerprint density at radius 1 is 1.12 bits per heavy atom. The number of rotatable bonds is 7. The van der Waals surface area contributed by atoms with Gasteiger partial charge in [0, 0.05) is 11.3 Å². The summed E-state index contributed by atoms with van der Waals surface area (Å²) in [7, 11) is 0. The van der Waals surface area contributed by atoms with E-state index in [4.69, 9.17) is 20.8 Å². The Hall–Kier alpha value is -3.31. The number of nitrogens with one attached hydrogen (secondary N) is 1. The molecule has 0 spiro atoms. The zero-order valence-electron chi connectivity index (χ0n) is 18.3. The van der Waals surface area contributed by atoms with Gasteiger partial charge in [0.05, 0.1) is 17.2 Å². The summed E-state index contributed by atoms with van der Waals surface area (Å²) in [5, 5.41) is 3.41. The van der Waals surface area contributed by atoms with Crippen molar-refractivity contribution in [1.82, 2.24) is 4.98 Å². The highest BCUT2D eigenvalue weighted by molar-refractivity contribution is 6.33. The van der Waals surface area contributed by atoms with Crippen LogP contribution in [0.25, 0.3) is 22.6 Å². The summed E-state index contributed by atoms with van der Waals surface area (Å²) in [5.41, 5.74) is 4.39. The third-order valence-corrected chi connectivity index (χ3v) is 5.43. The van der Waals surface area contributed by atoms with Crippen LogP contribution in [-0.4, -0.2) is 17.5 Å². The molecule has 1 amide bonds. The number of ether oxygens (including phenoxy) is 1. The lowest BCUT2D eigenvalue weighted by Gasteiger charge is -2.09. The van der Waals surface area contributed by atoms with Crippen molar-refractivity contribution in [3.05, 3.63) is 76.8 Å². The van der Waals surface area contributed by atoms with Crippen LogP contribution in [0, 0.1) is 0 Å². The van der Waals surface area contributed by atoms with Gasteiger partial charge in [-0.15, -0.1) is 0 Å². The van der Waals surface area contributed by atoms with E-state index in [1.807, 2.05) is 31.2 Å². The molecule has 5 nitrogen and oxygen atoms in total. The van der Waals surface area contributed by atoms with Crippen molar-refractivity contribution in [3.63, 3.8) is 0 Å². The van der Waals surface area contributed by atoms with Gasteiger partial charge >= 0.3 is 0 Å². The number of oxazole rings is 1. The maximum Gasteiger partial charge on any atom is 0.255 e. The smallest absolute Gasteiger partial charge is 0.255 e. The number of carbonyl (C=O) groups is 1. The zero-order chi connectivity index (χ0) is 22.7. The molecule has 0 bridgehead atoms. The highest BCUT2D eigenvalue weighted by Crippen LogP contribution is 2.33. The minimum Gasteiger partial charge on any atom is -0.494 e. The molecule has 4 rings (SSSR count). The monoisotopic (exact) mass is 448 g/mol. The number of amides is 1. The molecule has 0 fully saturated rings. The summed E-state index contributed by atoms with van der Waals surface area (Å²) in [5.74, 6) is 1.24. The third-order valence-electron chi connectivity index (χ3n) is 5.10. The molecule has 6 heteroatoms. The van der Waals surface area contributed by atoms with Gasteiger partial charge in [0.25, 0.3) is 5.91 Å². The number of nitrogens with zero attached hydrogens (tertiary/aromatic N) is 1. The molecule has 0 aliphatic heterocycles. The molecule has 0 saturated carbocycles. The first-order chi connectivity index (χ1) is 15.4. The van der Waals surface area contributed by atoms with E-state index in [1.165, 1.54) is 5.56 Å². The Bertz CT molecular complexity index is 1260.